The number of anilines is 1. The summed E-state index contributed by atoms with van der Waals surface area (Å²) in [6, 6.07) is 5.95. The molecule has 1 saturated carbocycles. The van der Waals surface area contributed by atoms with Gasteiger partial charge in [-0.2, -0.15) is 0 Å². The first-order valence-corrected chi connectivity index (χ1v) is 7.64. The van der Waals surface area contributed by atoms with E-state index in [4.69, 9.17) is 0 Å². The molecule has 1 aromatic carbocycles. The molecule has 0 aromatic heterocycles. The second-order valence-corrected chi connectivity index (χ2v) is 6.01. The minimum absolute atomic E-state index is 0.111. The van der Waals surface area contributed by atoms with Crippen molar-refractivity contribution in [2.75, 3.05) is 24.6 Å². The lowest BCUT2D eigenvalue weighted by Gasteiger charge is -2.34. The summed E-state index contributed by atoms with van der Waals surface area (Å²) in [4.78, 5) is 2.26. The van der Waals surface area contributed by atoms with Gasteiger partial charge in [-0.05, 0) is 43.7 Å². The van der Waals surface area contributed by atoms with E-state index < -0.39 is 0 Å². The van der Waals surface area contributed by atoms with Gasteiger partial charge in [0, 0.05) is 43.5 Å². The Morgan fingerprint density at radius 1 is 1.20 bits per heavy atom. The number of nitrogens with zero attached hydrogens (tertiary/aromatic N) is 1. The van der Waals surface area contributed by atoms with Crippen LogP contribution in [0.1, 0.15) is 31.2 Å². The van der Waals surface area contributed by atoms with Crippen molar-refractivity contribution in [1.82, 2.24) is 5.32 Å². The number of piperidine rings is 1. The van der Waals surface area contributed by atoms with Crippen molar-refractivity contribution in [2.24, 2.45) is 5.92 Å². The maximum atomic E-state index is 14.1. The van der Waals surface area contributed by atoms with E-state index in [2.05, 4.69) is 10.2 Å². The molecule has 1 saturated heterocycles. The first kappa shape index (κ1) is 13.8. The van der Waals surface area contributed by atoms with Gasteiger partial charge in [-0.25, -0.2) is 4.39 Å². The number of hydrogen-bond donors (Lipinski definition) is 2. The third kappa shape index (κ3) is 3.13. The van der Waals surface area contributed by atoms with Crippen LogP contribution in [0.3, 0.4) is 0 Å². The minimum Gasteiger partial charge on any atom is -0.396 e. The fraction of sp³-hybridized carbons (Fsp3) is 0.625. The second-order valence-electron chi connectivity index (χ2n) is 6.01. The summed E-state index contributed by atoms with van der Waals surface area (Å²) < 4.78 is 14.1. The van der Waals surface area contributed by atoms with Crippen LogP contribution in [-0.2, 0) is 6.54 Å². The first-order chi connectivity index (χ1) is 9.78. The Morgan fingerprint density at radius 3 is 2.60 bits per heavy atom. The largest absolute Gasteiger partial charge is 0.396 e. The van der Waals surface area contributed by atoms with E-state index >= 15 is 0 Å². The molecule has 0 radical (unpaired) electrons. The van der Waals surface area contributed by atoms with E-state index in [1.807, 2.05) is 6.07 Å². The van der Waals surface area contributed by atoms with Crippen molar-refractivity contribution >= 4 is 5.69 Å². The highest BCUT2D eigenvalue weighted by Crippen LogP contribution is 2.29. The van der Waals surface area contributed by atoms with E-state index in [9.17, 15) is 9.50 Å². The topological polar surface area (TPSA) is 35.5 Å². The van der Waals surface area contributed by atoms with Crippen LogP contribution in [0.2, 0.25) is 0 Å². The zero-order chi connectivity index (χ0) is 13.9. The van der Waals surface area contributed by atoms with Crippen LogP contribution >= 0.6 is 0 Å². The molecule has 2 N–H and O–H groups in total. The summed E-state index contributed by atoms with van der Waals surface area (Å²) in [5, 5.41) is 12.6. The minimum atomic E-state index is -0.111. The summed E-state index contributed by atoms with van der Waals surface area (Å²) in [5.74, 6) is 0.299. The van der Waals surface area contributed by atoms with Crippen molar-refractivity contribution in [3.05, 3.63) is 29.6 Å². The maximum Gasteiger partial charge on any atom is 0.129 e. The lowest BCUT2D eigenvalue weighted by molar-refractivity contribution is 0.203. The predicted octanol–water partition coefficient (Wildman–Crippen LogP) is 2.29. The van der Waals surface area contributed by atoms with Crippen LogP contribution < -0.4 is 10.2 Å². The third-order valence-electron chi connectivity index (χ3n) is 4.45. The SMILES string of the molecule is OCC1CCN(c2cccc(F)c2CNC2CC2)CC1. The molecule has 1 aliphatic heterocycles. The van der Waals surface area contributed by atoms with E-state index in [0.29, 0.717) is 18.5 Å². The van der Waals surface area contributed by atoms with Crippen molar-refractivity contribution in [2.45, 2.75) is 38.3 Å². The first-order valence-electron chi connectivity index (χ1n) is 7.64. The highest BCUT2D eigenvalue weighted by Gasteiger charge is 2.24. The molecule has 0 spiro atoms. The normalized spacial score (nSPS) is 20.4. The van der Waals surface area contributed by atoms with Crippen molar-refractivity contribution < 1.29 is 9.50 Å². The van der Waals surface area contributed by atoms with E-state index in [1.165, 1.54) is 12.8 Å². The molecule has 4 heteroatoms. The standard InChI is InChI=1S/C16H23FN2O/c17-15-2-1-3-16(14(15)10-18-13-4-5-13)19-8-6-12(11-20)7-9-19/h1-3,12-13,18,20H,4-11H2. The summed E-state index contributed by atoms with van der Waals surface area (Å²) >= 11 is 0. The molecular weight excluding hydrogens is 255 g/mol. The van der Waals surface area contributed by atoms with Gasteiger partial charge >= 0.3 is 0 Å². The van der Waals surface area contributed by atoms with Crippen LogP contribution in [0.5, 0.6) is 0 Å². The molecule has 0 bridgehead atoms. The summed E-state index contributed by atoms with van der Waals surface area (Å²) in [5.41, 5.74) is 1.82. The number of aliphatic hydroxyl groups excluding tert-OH is 1. The van der Waals surface area contributed by atoms with Crippen molar-refractivity contribution in [3.8, 4) is 0 Å². The fourth-order valence-corrected chi connectivity index (χ4v) is 2.91. The smallest absolute Gasteiger partial charge is 0.129 e. The van der Waals surface area contributed by atoms with Gasteiger partial charge in [-0.15, -0.1) is 0 Å². The van der Waals surface area contributed by atoms with E-state index in [0.717, 1.165) is 37.2 Å². The Labute approximate surface area is 119 Å². The van der Waals surface area contributed by atoms with Gasteiger partial charge in [0.15, 0.2) is 0 Å². The average molecular weight is 278 g/mol. The summed E-state index contributed by atoms with van der Waals surface area (Å²) in [6.07, 6.45) is 4.41. The molecule has 1 aliphatic carbocycles. The molecule has 1 aromatic rings. The second kappa shape index (κ2) is 6.10. The van der Waals surface area contributed by atoms with Gasteiger partial charge in [-0.1, -0.05) is 6.07 Å². The average Bonchev–Trinajstić information content (AvgIpc) is 3.30. The van der Waals surface area contributed by atoms with Crippen molar-refractivity contribution in [3.63, 3.8) is 0 Å². The molecule has 3 rings (SSSR count). The Kier molecular flexibility index (Phi) is 4.22. The third-order valence-corrected chi connectivity index (χ3v) is 4.45. The predicted molar refractivity (Wildman–Crippen MR) is 78.3 cm³/mol. The van der Waals surface area contributed by atoms with Gasteiger partial charge in [0.2, 0.25) is 0 Å². The quantitative estimate of drug-likeness (QED) is 0.867. The van der Waals surface area contributed by atoms with Gasteiger partial charge in [0.05, 0.1) is 0 Å². The molecule has 0 unspecified atom stereocenters. The Bertz CT molecular complexity index is 454. The maximum absolute atomic E-state index is 14.1. The van der Waals surface area contributed by atoms with Gasteiger partial charge in [0.1, 0.15) is 5.82 Å². The van der Waals surface area contributed by atoms with Crippen molar-refractivity contribution in [1.29, 1.82) is 0 Å². The van der Waals surface area contributed by atoms with E-state index in [1.54, 1.807) is 12.1 Å². The van der Waals surface area contributed by atoms with Crippen LogP contribution in [0.15, 0.2) is 18.2 Å². The Hall–Kier alpha value is -1.13. The number of nitrogens with one attached hydrogen (secondary N) is 1. The number of halogens is 1. The summed E-state index contributed by atoms with van der Waals surface area (Å²) in [6.45, 7) is 2.70. The summed E-state index contributed by atoms with van der Waals surface area (Å²) in [7, 11) is 0. The van der Waals surface area contributed by atoms with Crippen LogP contribution in [0.25, 0.3) is 0 Å². The van der Waals surface area contributed by atoms with Gasteiger partial charge < -0.3 is 15.3 Å². The van der Waals surface area contributed by atoms with Crippen LogP contribution in [0.4, 0.5) is 10.1 Å². The zero-order valence-corrected chi connectivity index (χ0v) is 11.8. The number of rotatable bonds is 5. The Morgan fingerprint density at radius 2 is 1.95 bits per heavy atom. The Balaban J connectivity index is 1.72. The lowest BCUT2D eigenvalue weighted by atomic mass is 9.97. The highest BCUT2D eigenvalue weighted by molar-refractivity contribution is 5.54. The highest BCUT2D eigenvalue weighted by atomic mass is 19.1. The number of benzene rings is 1. The molecule has 20 heavy (non-hydrogen) atoms. The lowest BCUT2D eigenvalue weighted by Crippen LogP contribution is -2.35. The number of hydrogen-bond acceptors (Lipinski definition) is 3. The molecule has 2 fully saturated rings. The van der Waals surface area contributed by atoms with Crippen LogP contribution in [0, 0.1) is 11.7 Å². The van der Waals surface area contributed by atoms with E-state index in [-0.39, 0.29) is 12.4 Å². The molecule has 0 atom stereocenters. The number of aliphatic hydroxyl groups is 1. The zero-order valence-electron chi connectivity index (χ0n) is 11.8. The molecule has 2 aliphatic rings. The van der Waals surface area contributed by atoms with Gasteiger partial charge in [-0.3, -0.25) is 0 Å². The van der Waals surface area contributed by atoms with Gasteiger partial charge in [0.25, 0.3) is 0 Å². The van der Waals surface area contributed by atoms with Crippen LogP contribution in [-0.4, -0.2) is 30.8 Å². The molecule has 3 nitrogen and oxygen atoms in total. The molecule has 1 heterocycles. The fourth-order valence-electron chi connectivity index (χ4n) is 2.91. The monoisotopic (exact) mass is 278 g/mol. The molecule has 0 amide bonds. The molecular formula is C16H23FN2O. The molecule has 110 valence electrons.